The molecule has 0 bridgehead atoms. The number of aromatic nitrogens is 2. The van der Waals surface area contributed by atoms with E-state index in [-0.39, 0.29) is 0 Å². The van der Waals surface area contributed by atoms with E-state index >= 15 is 0 Å². The molecule has 19 heavy (non-hydrogen) atoms. The molecule has 0 fully saturated rings. The van der Waals surface area contributed by atoms with Gasteiger partial charge in [0.25, 0.3) is 0 Å². The normalized spacial score (nSPS) is 10.5. The Morgan fingerprint density at radius 3 is 2.95 bits per heavy atom. The molecule has 102 valence electrons. The monoisotopic (exact) mass is 360 g/mol. The van der Waals surface area contributed by atoms with Gasteiger partial charge in [-0.2, -0.15) is 4.98 Å². The predicted molar refractivity (Wildman–Crippen MR) is 85.3 cm³/mol. The summed E-state index contributed by atoms with van der Waals surface area (Å²) in [7, 11) is 1.97. The van der Waals surface area contributed by atoms with Crippen molar-refractivity contribution in [1.82, 2.24) is 9.97 Å². The second-order valence-electron chi connectivity index (χ2n) is 3.98. The van der Waals surface area contributed by atoms with Crippen molar-refractivity contribution < 1.29 is 0 Å². The molecule has 0 saturated carbocycles. The summed E-state index contributed by atoms with van der Waals surface area (Å²) < 4.78 is 1.10. The van der Waals surface area contributed by atoms with Crippen LogP contribution in [0.25, 0.3) is 0 Å². The van der Waals surface area contributed by atoms with Gasteiger partial charge < -0.3 is 10.2 Å². The third-order valence-corrected chi connectivity index (χ3v) is 4.39. The van der Waals surface area contributed by atoms with Crippen LogP contribution in [0.5, 0.6) is 0 Å². The molecule has 2 aromatic rings. The SMILES string of the molecule is CCNc1ncc(Cl)c(N(C)Cc2cc(Br)cs2)n1. The molecule has 2 rings (SSSR count). The van der Waals surface area contributed by atoms with Crippen LogP contribution >= 0.6 is 38.9 Å². The molecular formula is C12H14BrClN4S. The molecule has 0 radical (unpaired) electrons. The Morgan fingerprint density at radius 2 is 2.32 bits per heavy atom. The van der Waals surface area contributed by atoms with E-state index in [2.05, 4.69) is 42.7 Å². The molecule has 0 aliphatic carbocycles. The van der Waals surface area contributed by atoms with Crippen molar-refractivity contribution in [3.05, 3.63) is 32.0 Å². The first-order valence-corrected chi connectivity index (χ1v) is 7.85. The Labute approximate surface area is 130 Å². The van der Waals surface area contributed by atoms with Crippen molar-refractivity contribution in [2.45, 2.75) is 13.5 Å². The molecule has 0 spiro atoms. The van der Waals surface area contributed by atoms with Crippen molar-refractivity contribution in [2.75, 3.05) is 23.8 Å². The Bertz CT molecular complexity index is 560. The van der Waals surface area contributed by atoms with Gasteiger partial charge in [0.1, 0.15) is 5.02 Å². The fourth-order valence-electron chi connectivity index (χ4n) is 1.61. The highest BCUT2D eigenvalue weighted by Crippen LogP contribution is 2.26. The molecule has 2 heterocycles. The lowest BCUT2D eigenvalue weighted by Gasteiger charge is -2.19. The van der Waals surface area contributed by atoms with Crippen LogP contribution in [0.1, 0.15) is 11.8 Å². The zero-order valence-electron chi connectivity index (χ0n) is 10.7. The van der Waals surface area contributed by atoms with Gasteiger partial charge in [0.15, 0.2) is 5.82 Å². The van der Waals surface area contributed by atoms with E-state index in [0.29, 0.717) is 11.0 Å². The average Bonchev–Trinajstić information content (AvgIpc) is 2.77. The van der Waals surface area contributed by atoms with Crippen LogP contribution in [0.4, 0.5) is 11.8 Å². The highest BCUT2D eigenvalue weighted by molar-refractivity contribution is 9.10. The van der Waals surface area contributed by atoms with Gasteiger partial charge >= 0.3 is 0 Å². The lowest BCUT2D eigenvalue weighted by molar-refractivity contribution is 0.903. The van der Waals surface area contributed by atoms with Gasteiger partial charge in [-0.1, -0.05) is 11.6 Å². The zero-order chi connectivity index (χ0) is 13.8. The van der Waals surface area contributed by atoms with Crippen LogP contribution in [0, 0.1) is 0 Å². The second kappa shape index (κ2) is 6.54. The van der Waals surface area contributed by atoms with Gasteiger partial charge in [0, 0.05) is 28.3 Å². The Morgan fingerprint density at radius 1 is 1.53 bits per heavy atom. The summed E-state index contributed by atoms with van der Waals surface area (Å²) in [5.41, 5.74) is 0. The van der Waals surface area contributed by atoms with Gasteiger partial charge in [0.2, 0.25) is 5.95 Å². The highest BCUT2D eigenvalue weighted by atomic mass is 79.9. The molecule has 0 amide bonds. The number of hydrogen-bond acceptors (Lipinski definition) is 5. The fraction of sp³-hybridized carbons (Fsp3) is 0.333. The van der Waals surface area contributed by atoms with E-state index in [1.54, 1.807) is 17.5 Å². The molecule has 0 aromatic carbocycles. The standard InChI is InChI=1S/C12H14BrClN4S/c1-3-15-12-16-5-10(14)11(17-12)18(2)6-9-4-8(13)7-19-9/h4-5,7H,3,6H2,1-2H3,(H,15,16,17). The molecule has 7 heteroatoms. The van der Waals surface area contributed by atoms with Crippen molar-refractivity contribution >= 4 is 50.6 Å². The average molecular weight is 362 g/mol. The molecule has 0 aliphatic rings. The topological polar surface area (TPSA) is 41.1 Å². The van der Waals surface area contributed by atoms with Crippen LogP contribution < -0.4 is 10.2 Å². The summed E-state index contributed by atoms with van der Waals surface area (Å²) in [6.45, 7) is 3.55. The minimum absolute atomic E-state index is 0.555. The molecule has 0 saturated heterocycles. The van der Waals surface area contributed by atoms with Crippen molar-refractivity contribution in [3.8, 4) is 0 Å². The van der Waals surface area contributed by atoms with E-state index in [1.807, 2.05) is 18.9 Å². The third-order valence-electron chi connectivity index (χ3n) is 2.44. The van der Waals surface area contributed by atoms with Crippen LogP contribution in [-0.4, -0.2) is 23.6 Å². The first-order valence-electron chi connectivity index (χ1n) is 5.80. The maximum absolute atomic E-state index is 6.16. The smallest absolute Gasteiger partial charge is 0.224 e. The number of nitrogens with zero attached hydrogens (tertiary/aromatic N) is 3. The molecule has 0 aliphatic heterocycles. The molecule has 1 N–H and O–H groups in total. The molecule has 0 unspecified atom stereocenters. The largest absolute Gasteiger partial charge is 0.354 e. The number of thiophene rings is 1. The van der Waals surface area contributed by atoms with Gasteiger partial charge in [-0.25, -0.2) is 4.98 Å². The van der Waals surface area contributed by atoms with Crippen molar-refractivity contribution in [3.63, 3.8) is 0 Å². The van der Waals surface area contributed by atoms with Gasteiger partial charge in [-0.3, -0.25) is 0 Å². The highest BCUT2D eigenvalue weighted by Gasteiger charge is 2.11. The Kier molecular flexibility index (Phi) is 5.01. The Hall–Kier alpha value is -0.850. The number of anilines is 2. The number of nitrogens with one attached hydrogen (secondary N) is 1. The van der Waals surface area contributed by atoms with Gasteiger partial charge in [-0.15, -0.1) is 11.3 Å². The van der Waals surface area contributed by atoms with Crippen molar-refractivity contribution in [2.24, 2.45) is 0 Å². The second-order valence-corrected chi connectivity index (χ2v) is 6.30. The molecule has 0 atom stereocenters. The number of halogens is 2. The summed E-state index contributed by atoms with van der Waals surface area (Å²) >= 11 is 11.3. The van der Waals surface area contributed by atoms with Crippen LogP contribution in [-0.2, 0) is 6.54 Å². The van der Waals surface area contributed by atoms with E-state index in [0.717, 1.165) is 23.4 Å². The summed E-state index contributed by atoms with van der Waals surface area (Å²) in [5.74, 6) is 1.33. The lowest BCUT2D eigenvalue weighted by Crippen LogP contribution is -2.18. The molecular weight excluding hydrogens is 348 g/mol. The molecule has 4 nitrogen and oxygen atoms in total. The van der Waals surface area contributed by atoms with E-state index in [9.17, 15) is 0 Å². The van der Waals surface area contributed by atoms with Crippen LogP contribution in [0.15, 0.2) is 22.1 Å². The number of hydrogen-bond donors (Lipinski definition) is 1. The predicted octanol–water partition coefficient (Wildman–Crippen LogP) is 4.02. The lowest BCUT2D eigenvalue weighted by atomic mass is 10.4. The number of rotatable bonds is 5. The Balaban J connectivity index is 2.17. The van der Waals surface area contributed by atoms with E-state index in [1.165, 1.54) is 4.88 Å². The third kappa shape index (κ3) is 3.81. The quantitative estimate of drug-likeness (QED) is 0.873. The van der Waals surface area contributed by atoms with E-state index < -0.39 is 0 Å². The summed E-state index contributed by atoms with van der Waals surface area (Å²) in [4.78, 5) is 11.8. The minimum atomic E-state index is 0.555. The summed E-state index contributed by atoms with van der Waals surface area (Å²) in [6, 6.07) is 2.10. The summed E-state index contributed by atoms with van der Waals surface area (Å²) in [5, 5.41) is 5.71. The van der Waals surface area contributed by atoms with Gasteiger partial charge in [0.05, 0.1) is 12.7 Å². The maximum atomic E-state index is 6.16. The first-order chi connectivity index (χ1) is 9.10. The minimum Gasteiger partial charge on any atom is -0.354 e. The zero-order valence-corrected chi connectivity index (χ0v) is 13.8. The van der Waals surface area contributed by atoms with Crippen LogP contribution in [0.2, 0.25) is 5.02 Å². The van der Waals surface area contributed by atoms with Gasteiger partial charge in [-0.05, 0) is 28.9 Å². The fourth-order valence-corrected chi connectivity index (χ4v) is 3.35. The maximum Gasteiger partial charge on any atom is 0.224 e. The summed E-state index contributed by atoms with van der Waals surface area (Å²) in [6.07, 6.45) is 1.63. The molecule has 2 aromatic heterocycles. The van der Waals surface area contributed by atoms with E-state index in [4.69, 9.17) is 11.6 Å². The van der Waals surface area contributed by atoms with Crippen molar-refractivity contribution in [1.29, 1.82) is 0 Å². The van der Waals surface area contributed by atoms with Crippen LogP contribution in [0.3, 0.4) is 0 Å². The first kappa shape index (κ1) is 14.6.